The zero-order valence-electron chi connectivity index (χ0n) is 16.1. The van der Waals surface area contributed by atoms with Gasteiger partial charge in [0.1, 0.15) is 24.7 Å². The molecule has 3 rings (SSSR count). The summed E-state index contributed by atoms with van der Waals surface area (Å²) in [6.07, 6.45) is 0. The molecule has 0 spiro atoms. The maximum atomic E-state index is 12.7. The molecule has 0 fully saturated rings. The number of rotatable bonds is 8. The summed E-state index contributed by atoms with van der Waals surface area (Å²) in [6, 6.07) is 23.2. The van der Waals surface area contributed by atoms with Gasteiger partial charge < -0.3 is 20.1 Å². The van der Waals surface area contributed by atoms with Crippen LogP contribution in [0.4, 0.5) is 5.69 Å². The van der Waals surface area contributed by atoms with Crippen LogP contribution in [0.15, 0.2) is 78.9 Å². The highest BCUT2D eigenvalue weighted by atomic mass is 16.5. The number of hydrogen-bond donors (Lipinski definition) is 2. The third-order valence-electron chi connectivity index (χ3n) is 4.09. The highest BCUT2D eigenvalue weighted by Crippen LogP contribution is 2.20. The van der Waals surface area contributed by atoms with Gasteiger partial charge >= 0.3 is 0 Å². The summed E-state index contributed by atoms with van der Waals surface area (Å²) in [5, 5.41) is 5.36. The minimum atomic E-state index is -0.321. The fraction of sp³-hybridized carbons (Fsp3) is 0.130. The van der Waals surface area contributed by atoms with E-state index in [1.807, 2.05) is 30.3 Å². The van der Waals surface area contributed by atoms with Crippen LogP contribution in [-0.2, 0) is 0 Å². The Kier molecular flexibility index (Phi) is 6.84. The Balaban J connectivity index is 1.62. The molecule has 3 aromatic carbocycles. The standard InChI is InChI=1S/C23H22N2O4/c1-24-22(26)17-8-7-9-18(16-17)25-23(27)20-12-5-6-13-21(20)29-15-14-28-19-10-3-2-4-11-19/h2-13,16H,14-15H2,1H3,(H,24,26)(H,25,27). The molecule has 0 saturated heterocycles. The van der Waals surface area contributed by atoms with Crippen molar-refractivity contribution in [3.8, 4) is 11.5 Å². The predicted molar refractivity (Wildman–Crippen MR) is 112 cm³/mol. The number of carbonyl (C=O) groups is 2. The highest BCUT2D eigenvalue weighted by Gasteiger charge is 2.13. The quantitative estimate of drug-likeness (QED) is 0.574. The molecular formula is C23H22N2O4. The van der Waals surface area contributed by atoms with E-state index in [0.717, 1.165) is 5.75 Å². The van der Waals surface area contributed by atoms with Gasteiger partial charge in [-0.05, 0) is 42.5 Å². The van der Waals surface area contributed by atoms with Crippen LogP contribution in [0.1, 0.15) is 20.7 Å². The van der Waals surface area contributed by atoms with Gasteiger partial charge in [0, 0.05) is 18.3 Å². The first kappa shape index (κ1) is 19.9. The molecule has 2 N–H and O–H groups in total. The third-order valence-corrected chi connectivity index (χ3v) is 4.09. The molecule has 0 bridgehead atoms. The molecule has 0 aliphatic carbocycles. The number of benzene rings is 3. The van der Waals surface area contributed by atoms with E-state index in [-0.39, 0.29) is 11.8 Å². The topological polar surface area (TPSA) is 76.7 Å². The van der Waals surface area contributed by atoms with Crippen LogP contribution in [-0.4, -0.2) is 32.1 Å². The van der Waals surface area contributed by atoms with E-state index in [0.29, 0.717) is 35.8 Å². The van der Waals surface area contributed by atoms with Gasteiger partial charge in [-0.3, -0.25) is 9.59 Å². The molecule has 6 heteroatoms. The number of nitrogens with one attached hydrogen (secondary N) is 2. The van der Waals surface area contributed by atoms with Crippen LogP contribution in [0.5, 0.6) is 11.5 Å². The largest absolute Gasteiger partial charge is 0.490 e. The second-order valence-electron chi connectivity index (χ2n) is 6.12. The van der Waals surface area contributed by atoms with Gasteiger partial charge in [0.15, 0.2) is 0 Å². The molecule has 6 nitrogen and oxygen atoms in total. The molecule has 0 heterocycles. The van der Waals surface area contributed by atoms with Gasteiger partial charge in [-0.15, -0.1) is 0 Å². The summed E-state index contributed by atoms with van der Waals surface area (Å²) in [5.41, 5.74) is 1.39. The lowest BCUT2D eigenvalue weighted by Gasteiger charge is -2.13. The molecule has 3 aromatic rings. The van der Waals surface area contributed by atoms with Gasteiger partial charge in [0.05, 0.1) is 5.56 Å². The summed E-state index contributed by atoms with van der Waals surface area (Å²) < 4.78 is 11.4. The number of ether oxygens (including phenoxy) is 2. The molecule has 2 amide bonds. The Morgan fingerprint density at radius 2 is 1.52 bits per heavy atom. The molecule has 0 atom stereocenters. The Bertz CT molecular complexity index is 973. The molecule has 148 valence electrons. The second-order valence-corrected chi connectivity index (χ2v) is 6.12. The lowest BCUT2D eigenvalue weighted by molar-refractivity contribution is 0.0961. The average molecular weight is 390 g/mol. The molecule has 0 aliphatic rings. The Morgan fingerprint density at radius 1 is 0.793 bits per heavy atom. The van der Waals surface area contributed by atoms with Gasteiger partial charge in [0.25, 0.3) is 11.8 Å². The normalized spacial score (nSPS) is 10.1. The van der Waals surface area contributed by atoms with Crippen molar-refractivity contribution in [3.63, 3.8) is 0 Å². The van der Waals surface area contributed by atoms with E-state index in [1.165, 1.54) is 0 Å². The summed E-state index contributed by atoms with van der Waals surface area (Å²) in [4.78, 5) is 24.5. The number of anilines is 1. The minimum Gasteiger partial charge on any atom is -0.490 e. The van der Waals surface area contributed by atoms with Crippen molar-refractivity contribution >= 4 is 17.5 Å². The van der Waals surface area contributed by atoms with Crippen LogP contribution in [0.2, 0.25) is 0 Å². The first-order valence-electron chi connectivity index (χ1n) is 9.20. The predicted octanol–water partition coefficient (Wildman–Crippen LogP) is 3.76. The van der Waals surface area contributed by atoms with E-state index in [1.54, 1.807) is 55.6 Å². The van der Waals surface area contributed by atoms with Crippen molar-refractivity contribution in [2.75, 3.05) is 25.6 Å². The van der Waals surface area contributed by atoms with Gasteiger partial charge in [-0.25, -0.2) is 0 Å². The summed E-state index contributed by atoms with van der Waals surface area (Å²) in [5.74, 6) is 0.684. The first-order chi connectivity index (χ1) is 14.2. The molecule has 0 aromatic heterocycles. The molecule has 0 radical (unpaired) electrons. The highest BCUT2D eigenvalue weighted by molar-refractivity contribution is 6.06. The average Bonchev–Trinajstić information content (AvgIpc) is 2.77. The molecule has 29 heavy (non-hydrogen) atoms. The van der Waals surface area contributed by atoms with E-state index in [2.05, 4.69) is 10.6 Å². The van der Waals surface area contributed by atoms with Crippen LogP contribution in [0.25, 0.3) is 0 Å². The Labute approximate surface area is 169 Å². The van der Waals surface area contributed by atoms with E-state index >= 15 is 0 Å². The fourth-order valence-corrected chi connectivity index (χ4v) is 2.69. The van der Waals surface area contributed by atoms with E-state index in [4.69, 9.17) is 9.47 Å². The molecule has 0 unspecified atom stereocenters. The summed E-state index contributed by atoms with van der Waals surface area (Å²) in [6.45, 7) is 0.652. The minimum absolute atomic E-state index is 0.219. The van der Waals surface area contributed by atoms with Gasteiger partial charge in [-0.1, -0.05) is 36.4 Å². The van der Waals surface area contributed by atoms with Crippen LogP contribution in [0.3, 0.4) is 0 Å². The summed E-state index contributed by atoms with van der Waals surface area (Å²) >= 11 is 0. The number of hydrogen-bond acceptors (Lipinski definition) is 4. The van der Waals surface area contributed by atoms with Crippen molar-refractivity contribution in [1.29, 1.82) is 0 Å². The monoisotopic (exact) mass is 390 g/mol. The zero-order valence-corrected chi connectivity index (χ0v) is 16.1. The van der Waals surface area contributed by atoms with Crippen LogP contribution >= 0.6 is 0 Å². The van der Waals surface area contributed by atoms with E-state index in [9.17, 15) is 9.59 Å². The van der Waals surface area contributed by atoms with Crippen LogP contribution in [0, 0.1) is 0 Å². The van der Waals surface area contributed by atoms with Crippen molar-refractivity contribution in [2.24, 2.45) is 0 Å². The van der Waals surface area contributed by atoms with Crippen molar-refractivity contribution in [1.82, 2.24) is 5.32 Å². The number of carbonyl (C=O) groups excluding carboxylic acids is 2. The van der Waals surface area contributed by atoms with Crippen molar-refractivity contribution < 1.29 is 19.1 Å². The van der Waals surface area contributed by atoms with E-state index < -0.39 is 0 Å². The first-order valence-corrected chi connectivity index (χ1v) is 9.20. The van der Waals surface area contributed by atoms with Gasteiger partial charge in [0.2, 0.25) is 0 Å². The molecular weight excluding hydrogens is 368 g/mol. The molecule has 0 aliphatic heterocycles. The maximum Gasteiger partial charge on any atom is 0.259 e. The zero-order chi connectivity index (χ0) is 20.5. The Morgan fingerprint density at radius 3 is 2.31 bits per heavy atom. The maximum absolute atomic E-state index is 12.7. The number of para-hydroxylation sites is 2. The third kappa shape index (κ3) is 5.59. The Hall–Kier alpha value is -3.80. The number of amides is 2. The summed E-state index contributed by atoms with van der Waals surface area (Å²) in [7, 11) is 1.56. The smallest absolute Gasteiger partial charge is 0.259 e. The van der Waals surface area contributed by atoms with Crippen molar-refractivity contribution in [2.45, 2.75) is 0 Å². The molecule has 0 saturated carbocycles. The lowest BCUT2D eigenvalue weighted by atomic mass is 10.1. The SMILES string of the molecule is CNC(=O)c1cccc(NC(=O)c2ccccc2OCCOc2ccccc2)c1. The lowest BCUT2D eigenvalue weighted by Crippen LogP contribution is -2.19. The van der Waals surface area contributed by atoms with Crippen LogP contribution < -0.4 is 20.1 Å². The second kappa shape index (κ2) is 9.94. The fourth-order valence-electron chi connectivity index (χ4n) is 2.69. The van der Waals surface area contributed by atoms with Crippen molar-refractivity contribution in [3.05, 3.63) is 90.0 Å². The van der Waals surface area contributed by atoms with Gasteiger partial charge in [-0.2, -0.15) is 0 Å².